The van der Waals surface area contributed by atoms with Crippen molar-refractivity contribution >= 4 is 29.6 Å². The van der Waals surface area contributed by atoms with E-state index < -0.39 is 0 Å². The molecule has 0 amide bonds. The van der Waals surface area contributed by atoms with Gasteiger partial charge in [-0.05, 0) is 0 Å². The summed E-state index contributed by atoms with van der Waals surface area (Å²) in [6, 6.07) is 0. The zero-order valence-electron chi connectivity index (χ0n) is 8.45. The van der Waals surface area contributed by atoms with Gasteiger partial charge in [0.15, 0.2) is 0 Å². The third kappa shape index (κ3) is 9590. The molecule has 0 rings (SSSR count). The largest absolute Gasteiger partial charge is 5.00 e. The maximum Gasteiger partial charge on any atom is 5.00 e. The average Bonchev–Trinajstić information content (AvgIpc) is 2.33. The van der Waals surface area contributed by atoms with Gasteiger partial charge in [0.1, 0.15) is 0 Å². The van der Waals surface area contributed by atoms with Gasteiger partial charge in [-0.15, -0.1) is 0 Å². The van der Waals surface area contributed by atoms with Crippen molar-refractivity contribution in [1.29, 1.82) is 26.3 Å². The molecule has 74 valence electrons. The fourth-order valence-corrected chi connectivity index (χ4v) is 0. The minimum Gasteiger partial charge on any atom is -0.577 e. The van der Waals surface area contributed by atoms with Crippen LogP contribution >= 0.6 is 0 Å². The van der Waals surface area contributed by atoms with Crippen LogP contribution in [0.3, 0.4) is 0 Å². The summed E-state index contributed by atoms with van der Waals surface area (Å²) in [5.74, 6) is 0. The van der Waals surface area contributed by atoms with E-state index in [-0.39, 0.29) is 81.7 Å². The van der Waals surface area contributed by atoms with Gasteiger partial charge >= 0.3 is 46.6 Å². The Bertz CT molecular complexity index is 102. The van der Waals surface area contributed by atoms with Gasteiger partial charge in [-0.1, -0.05) is 0 Å². The summed E-state index contributed by atoms with van der Waals surface area (Å²) in [6.45, 7) is 23.8. The van der Waals surface area contributed by atoms with Crippen LogP contribution in [-0.4, -0.2) is 35.0 Å². The Kier molecular flexibility index (Phi) is 80500. The van der Waals surface area contributed by atoms with Crippen molar-refractivity contribution in [3.63, 3.8) is 0 Å². The normalized spacial score (nSPS) is 0.875. The Balaban J connectivity index is -0.00000000321. The number of nitroso groups, excluding NO2 is 1. The smallest absolute Gasteiger partial charge is 0.577 e. The Morgan fingerprint density at radius 3 is 0.625 bits per heavy atom. The second kappa shape index (κ2) is 12000. The Morgan fingerprint density at radius 2 is 0.625 bits per heavy atom. The predicted molar refractivity (Wildman–Crippen MR) is 40.9 cm³/mol. The number of hydrogen-bond acceptors (Lipinski definition) is 6. The zero-order valence-corrected chi connectivity index (χ0v) is 13.5. The summed E-state index contributed by atoms with van der Waals surface area (Å²) < 4.78 is 0. The van der Waals surface area contributed by atoms with Gasteiger partial charge in [0.05, 0.1) is 0 Å². The molecule has 0 aliphatic carbocycles. The van der Waals surface area contributed by atoms with Crippen molar-refractivity contribution < 1.29 is 52.1 Å². The van der Waals surface area contributed by atoms with Gasteiger partial charge < -0.3 is 75.1 Å². The first-order chi connectivity index (χ1) is 6.00. The van der Waals surface area contributed by atoms with Crippen molar-refractivity contribution in [2.75, 3.05) is 0 Å². The molecular weight excluding hydrogens is 278 g/mol. The van der Waals surface area contributed by atoms with Crippen molar-refractivity contribution in [2.45, 2.75) is 0 Å². The van der Waals surface area contributed by atoms with Gasteiger partial charge in [-0.3, -0.25) is 0 Å². The molecule has 0 aromatic carbocycles. The summed E-state index contributed by atoms with van der Waals surface area (Å²) in [7, 11) is 0. The number of rotatable bonds is 0. The van der Waals surface area contributed by atoms with E-state index in [2.05, 4.69) is 0 Å². The van der Waals surface area contributed by atoms with Crippen LogP contribution in [0.15, 0.2) is 0 Å². The van der Waals surface area contributed by atoms with E-state index in [9.17, 15) is 0 Å². The summed E-state index contributed by atoms with van der Waals surface area (Å²) in [5, 5.41) is 31.2. The molecule has 0 aromatic heterocycles. The van der Waals surface area contributed by atoms with E-state index in [0.29, 0.717) is 0 Å². The van der Waals surface area contributed by atoms with Gasteiger partial charge in [0, 0.05) is 29.6 Å². The van der Waals surface area contributed by atoms with Gasteiger partial charge in [-0.2, -0.15) is 0 Å². The molecule has 2 radical (unpaired) electrons. The number of nitrogens with zero attached hydrogens (tertiary/aromatic N) is 6. The monoisotopic (exact) mass is 280 g/mol. The van der Waals surface area contributed by atoms with Crippen LogP contribution in [-0.2, 0) is 17.1 Å². The molecule has 8 nitrogen and oxygen atoms in total. The molecule has 0 bridgehead atoms. The quantitative estimate of drug-likeness (QED) is 0.328. The summed E-state index contributed by atoms with van der Waals surface area (Å²) >= 11 is 0. The van der Waals surface area contributed by atoms with Crippen LogP contribution < -0.4 is 29.6 Å². The Labute approximate surface area is 150 Å². The maximum atomic E-state index is 7.25. The Morgan fingerprint density at radius 1 is 0.625 bits per heavy atom. The van der Waals surface area contributed by atoms with E-state index in [1.165, 1.54) is 0 Å². The van der Waals surface area contributed by atoms with Crippen molar-refractivity contribution in [2.24, 2.45) is 0 Å². The van der Waals surface area contributed by atoms with E-state index in [4.69, 9.17) is 69.7 Å². The SMILES string of the molecule is O.[C-]#N.[C-]#N.[C-]#N.[C-]#N.[C-]#N.[Fe+5].[N-]=O.[Na+].[Na]. The maximum absolute atomic E-state index is 7.25. The van der Waals surface area contributed by atoms with Gasteiger partial charge in [-0.25, -0.2) is 0 Å². The third-order valence-electron chi connectivity index (χ3n) is 0. The molecule has 0 heterocycles. The molecular formula is C5H2FeN6Na2O2. The molecule has 0 unspecified atom stereocenters. The molecule has 0 atom stereocenters. The molecule has 0 aliphatic rings. The second-order valence-corrected chi connectivity index (χ2v) is 0. The van der Waals surface area contributed by atoms with Gasteiger partial charge in [0.25, 0.3) is 0 Å². The minimum absolute atomic E-state index is 0. The molecule has 16 heavy (non-hydrogen) atoms. The van der Waals surface area contributed by atoms with Crippen LogP contribution in [0.25, 0.3) is 5.59 Å². The summed E-state index contributed by atoms with van der Waals surface area (Å²) in [4.78, 5) is 7.25. The van der Waals surface area contributed by atoms with Crippen LogP contribution in [0, 0.1) is 64.1 Å². The Hall–Kier alpha value is -0.471. The first-order valence-electron chi connectivity index (χ1n) is 1.30. The zero-order chi connectivity index (χ0) is 12.0. The van der Waals surface area contributed by atoms with Crippen LogP contribution in [0.2, 0.25) is 0 Å². The number of hydrogen-bond donors (Lipinski definition) is 0. The fraction of sp³-hybridized carbons (Fsp3) is 0. The van der Waals surface area contributed by atoms with E-state index >= 15 is 0 Å². The molecule has 2 N–H and O–H groups in total. The minimum atomic E-state index is 0. The molecule has 11 heteroatoms. The van der Waals surface area contributed by atoms with Crippen LogP contribution in [0.1, 0.15) is 0 Å². The first kappa shape index (κ1) is 107. The van der Waals surface area contributed by atoms with Crippen LogP contribution in [0.4, 0.5) is 0 Å². The van der Waals surface area contributed by atoms with Crippen molar-refractivity contribution in [3.8, 4) is 0 Å². The summed E-state index contributed by atoms with van der Waals surface area (Å²) in [6.07, 6.45) is 0. The molecule has 0 spiro atoms. The van der Waals surface area contributed by atoms with Crippen molar-refractivity contribution in [3.05, 3.63) is 43.4 Å². The second-order valence-electron chi connectivity index (χ2n) is 0. The molecule has 0 saturated carbocycles. The first-order valence-corrected chi connectivity index (χ1v) is 1.30. The fourth-order valence-electron chi connectivity index (χ4n) is 0. The van der Waals surface area contributed by atoms with E-state index in [1.54, 1.807) is 0 Å². The van der Waals surface area contributed by atoms with E-state index in [0.717, 1.165) is 0 Å². The third-order valence-corrected chi connectivity index (χ3v) is 0. The molecule has 0 aromatic rings. The molecule has 0 fully saturated rings. The van der Waals surface area contributed by atoms with Gasteiger partial charge in [0.2, 0.25) is 0 Å². The van der Waals surface area contributed by atoms with Crippen LogP contribution in [0.5, 0.6) is 0 Å². The topological polar surface area (TPSA) is 190 Å². The standard InChI is InChI=1S/5CN.Fe.NO.2Na.H2O/c5*1-2;;1-2;;;/h;;;;;;;;;1H2/q5*-1;+5;-1;;+1;. The van der Waals surface area contributed by atoms with E-state index in [1.807, 2.05) is 0 Å². The molecule has 0 aliphatic heterocycles. The van der Waals surface area contributed by atoms with Crippen molar-refractivity contribution in [1.82, 2.24) is 0 Å². The summed E-state index contributed by atoms with van der Waals surface area (Å²) in [5.41, 5.74) is 5.75. The average molecular weight is 280 g/mol. The predicted octanol–water partition coefficient (Wildman–Crippen LogP) is -3.40. The molecule has 0 saturated heterocycles.